The first-order valence-electron chi connectivity index (χ1n) is 5.54. The molecule has 0 fully saturated rings. The van der Waals surface area contributed by atoms with Crippen molar-refractivity contribution in [3.05, 3.63) is 10.1 Å². The van der Waals surface area contributed by atoms with Gasteiger partial charge in [-0.15, -0.1) is 4.68 Å². The first kappa shape index (κ1) is 12.2. The Kier molecular flexibility index (Phi) is 3.82. The summed E-state index contributed by atoms with van der Waals surface area (Å²) in [6.07, 6.45) is 2.42. The van der Waals surface area contributed by atoms with Gasteiger partial charge in [0, 0.05) is 10.9 Å². The minimum Gasteiger partial charge on any atom is -0.444 e. The van der Waals surface area contributed by atoms with Gasteiger partial charge in [0.2, 0.25) is 0 Å². The van der Waals surface area contributed by atoms with Crippen molar-refractivity contribution >= 4 is 17.7 Å². The van der Waals surface area contributed by atoms with Crippen molar-refractivity contribution in [1.29, 1.82) is 0 Å². The monoisotopic (exact) mass is 258 g/mol. The molecule has 7 nitrogen and oxygen atoms in total. The molecule has 17 heavy (non-hydrogen) atoms. The smallest absolute Gasteiger partial charge is 0.444 e. The van der Waals surface area contributed by atoms with Crippen LogP contribution in [0.3, 0.4) is 0 Å². The summed E-state index contributed by atoms with van der Waals surface area (Å²) in [6.45, 7) is 2.71. The summed E-state index contributed by atoms with van der Waals surface area (Å²) in [6, 6.07) is 0.262. The van der Waals surface area contributed by atoms with Crippen LogP contribution in [-0.4, -0.2) is 37.3 Å². The summed E-state index contributed by atoms with van der Waals surface area (Å²) in [5, 5.41) is 14.2. The summed E-state index contributed by atoms with van der Waals surface area (Å²) in [7, 11) is 0. The minimum atomic E-state index is -0.611. The predicted octanol–water partition coefficient (Wildman–Crippen LogP) is 1.48. The largest absolute Gasteiger partial charge is 0.494 e. The molecule has 2 rings (SSSR count). The summed E-state index contributed by atoms with van der Waals surface area (Å²) >= 11 is 1.83. The first-order chi connectivity index (χ1) is 8.20. The second-order valence-corrected chi connectivity index (χ2v) is 4.95. The van der Waals surface area contributed by atoms with Gasteiger partial charge in [0.1, 0.15) is 12.6 Å². The molecule has 0 N–H and O–H groups in total. The molecule has 0 saturated heterocycles. The number of hydrogen-bond donors (Lipinski definition) is 0. The highest BCUT2D eigenvalue weighted by atomic mass is 32.2. The predicted molar refractivity (Wildman–Crippen MR) is 63.3 cm³/mol. The lowest BCUT2D eigenvalue weighted by Gasteiger charge is -2.06. The molecule has 0 aliphatic carbocycles. The maximum atomic E-state index is 10.4. The van der Waals surface area contributed by atoms with Crippen LogP contribution in [0.1, 0.15) is 19.8 Å². The number of thioether (sulfide) groups is 1. The van der Waals surface area contributed by atoms with E-state index in [4.69, 9.17) is 4.74 Å². The standard InChI is InChI=1S/C9H14N4O3S/c1-2-3-4-17-6-7-5-12-9(16-7)10-8(11-12)13(14)15/h7H,2-6H2,1H3. The molecule has 0 radical (unpaired) electrons. The Morgan fingerprint density at radius 1 is 1.71 bits per heavy atom. The van der Waals surface area contributed by atoms with Gasteiger partial charge in [0.05, 0.1) is 0 Å². The van der Waals surface area contributed by atoms with Gasteiger partial charge in [0.15, 0.2) is 0 Å². The van der Waals surface area contributed by atoms with Crippen LogP contribution in [0.4, 0.5) is 5.95 Å². The van der Waals surface area contributed by atoms with Crippen LogP contribution in [0.25, 0.3) is 0 Å². The molecule has 1 aliphatic rings. The van der Waals surface area contributed by atoms with Crippen LogP contribution in [0, 0.1) is 10.1 Å². The zero-order valence-electron chi connectivity index (χ0n) is 9.53. The number of nitro groups is 1. The third-order valence-corrected chi connectivity index (χ3v) is 3.57. The van der Waals surface area contributed by atoms with Crippen LogP contribution in [0.5, 0.6) is 6.01 Å². The van der Waals surface area contributed by atoms with E-state index in [1.54, 1.807) is 0 Å². The van der Waals surface area contributed by atoms with Crippen LogP contribution >= 0.6 is 11.8 Å². The van der Waals surface area contributed by atoms with Gasteiger partial charge in [-0.25, -0.2) is 0 Å². The third kappa shape index (κ3) is 2.87. The van der Waals surface area contributed by atoms with Crippen LogP contribution < -0.4 is 4.74 Å². The lowest BCUT2D eigenvalue weighted by atomic mass is 10.4. The van der Waals surface area contributed by atoms with Crippen LogP contribution in [0.15, 0.2) is 0 Å². The molecule has 1 unspecified atom stereocenters. The van der Waals surface area contributed by atoms with E-state index in [0.717, 1.165) is 11.5 Å². The molecule has 94 valence electrons. The Labute approximate surface area is 103 Å². The molecule has 0 spiro atoms. The highest BCUT2D eigenvalue weighted by molar-refractivity contribution is 7.99. The first-order valence-corrected chi connectivity index (χ1v) is 6.69. The maximum absolute atomic E-state index is 10.4. The van der Waals surface area contributed by atoms with E-state index in [0.29, 0.717) is 6.54 Å². The Morgan fingerprint density at radius 3 is 3.18 bits per heavy atom. The number of unbranched alkanes of at least 4 members (excludes halogenated alkanes) is 1. The highest BCUT2D eigenvalue weighted by Crippen LogP contribution is 2.23. The van der Waals surface area contributed by atoms with E-state index in [-0.39, 0.29) is 12.1 Å². The van der Waals surface area contributed by atoms with Crippen LogP contribution in [0.2, 0.25) is 0 Å². The molecule has 8 heteroatoms. The molecule has 0 aromatic carbocycles. The molecule has 1 aromatic rings. The maximum Gasteiger partial charge on any atom is 0.494 e. The zero-order valence-corrected chi connectivity index (χ0v) is 10.4. The van der Waals surface area contributed by atoms with E-state index in [9.17, 15) is 10.1 Å². The Hall–Kier alpha value is -1.31. The number of rotatable bonds is 6. The SMILES string of the molecule is CCCCSCC1Cn2nc([N+](=O)[O-])nc2O1. The summed E-state index contributed by atoms with van der Waals surface area (Å²) < 4.78 is 6.94. The number of aromatic nitrogens is 3. The summed E-state index contributed by atoms with van der Waals surface area (Å²) in [5.41, 5.74) is 0. The lowest BCUT2D eigenvalue weighted by Crippen LogP contribution is -2.18. The van der Waals surface area contributed by atoms with E-state index < -0.39 is 10.9 Å². The van der Waals surface area contributed by atoms with Crippen molar-refractivity contribution in [2.24, 2.45) is 0 Å². The minimum absolute atomic E-state index is 0.0349. The van der Waals surface area contributed by atoms with Gasteiger partial charge >= 0.3 is 12.0 Å². The number of nitrogens with zero attached hydrogens (tertiary/aromatic N) is 4. The Morgan fingerprint density at radius 2 is 2.53 bits per heavy atom. The zero-order chi connectivity index (χ0) is 12.3. The normalized spacial score (nSPS) is 17.8. The second-order valence-electron chi connectivity index (χ2n) is 3.80. The quantitative estimate of drug-likeness (QED) is 0.436. The van der Waals surface area contributed by atoms with E-state index in [1.807, 2.05) is 11.8 Å². The van der Waals surface area contributed by atoms with Gasteiger partial charge in [-0.1, -0.05) is 13.3 Å². The van der Waals surface area contributed by atoms with E-state index in [1.165, 1.54) is 17.5 Å². The number of ether oxygens (including phenoxy) is 1. The molecular formula is C9H14N4O3S. The van der Waals surface area contributed by atoms with E-state index >= 15 is 0 Å². The van der Waals surface area contributed by atoms with Crippen molar-refractivity contribution in [2.45, 2.75) is 32.4 Å². The van der Waals surface area contributed by atoms with Crippen molar-refractivity contribution in [2.75, 3.05) is 11.5 Å². The number of hydrogen-bond acceptors (Lipinski definition) is 6. The molecule has 2 heterocycles. The van der Waals surface area contributed by atoms with Crippen molar-refractivity contribution < 1.29 is 9.66 Å². The second kappa shape index (κ2) is 5.35. The van der Waals surface area contributed by atoms with Crippen molar-refractivity contribution in [3.8, 4) is 6.01 Å². The average Bonchev–Trinajstić information content (AvgIpc) is 2.81. The topological polar surface area (TPSA) is 83.1 Å². The average molecular weight is 258 g/mol. The van der Waals surface area contributed by atoms with Gasteiger partial charge in [-0.05, 0) is 22.1 Å². The van der Waals surface area contributed by atoms with Crippen molar-refractivity contribution in [1.82, 2.24) is 14.8 Å². The molecule has 0 saturated carbocycles. The molecule has 1 aliphatic heterocycles. The summed E-state index contributed by atoms with van der Waals surface area (Å²) in [4.78, 5) is 13.5. The van der Waals surface area contributed by atoms with Crippen molar-refractivity contribution in [3.63, 3.8) is 0 Å². The van der Waals surface area contributed by atoms with Crippen LogP contribution in [-0.2, 0) is 6.54 Å². The van der Waals surface area contributed by atoms with Gasteiger partial charge in [-0.2, -0.15) is 11.8 Å². The molecule has 1 aromatic heterocycles. The Balaban J connectivity index is 1.81. The fourth-order valence-electron chi connectivity index (χ4n) is 1.53. The fraction of sp³-hybridized carbons (Fsp3) is 0.778. The molecular weight excluding hydrogens is 244 g/mol. The highest BCUT2D eigenvalue weighted by Gasteiger charge is 2.33. The fourth-order valence-corrected chi connectivity index (χ4v) is 2.62. The Bertz CT molecular complexity index is 385. The van der Waals surface area contributed by atoms with Gasteiger partial charge in [-0.3, -0.25) is 0 Å². The lowest BCUT2D eigenvalue weighted by molar-refractivity contribution is -0.394. The van der Waals surface area contributed by atoms with Gasteiger partial charge < -0.3 is 14.9 Å². The van der Waals surface area contributed by atoms with E-state index in [2.05, 4.69) is 17.0 Å². The molecule has 0 bridgehead atoms. The third-order valence-electron chi connectivity index (χ3n) is 2.38. The number of fused-ring (bicyclic) bond motifs is 1. The van der Waals surface area contributed by atoms with Gasteiger partial charge in [0.25, 0.3) is 0 Å². The molecule has 1 atom stereocenters. The summed E-state index contributed by atoms with van der Waals surface area (Å²) in [5.74, 6) is 1.60. The molecule has 0 amide bonds.